The molecule has 0 aromatic carbocycles. The number of rotatable bonds is 2. The van der Waals surface area contributed by atoms with Crippen molar-refractivity contribution in [1.29, 1.82) is 0 Å². The summed E-state index contributed by atoms with van der Waals surface area (Å²) in [4.78, 5) is 13.6. The van der Waals surface area contributed by atoms with E-state index in [4.69, 9.17) is 0 Å². The van der Waals surface area contributed by atoms with Gasteiger partial charge in [-0.3, -0.25) is 4.79 Å². The second-order valence-electron chi connectivity index (χ2n) is 1.68. The van der Waals surface area contributed by atoms with Gasteiger partial charge in [-0.25, -0.2) is 0 Å². The van der Waals surface area contributed by atoms with Crippen molar-refractivity contribution < 1.29 is 9.32 Å². The molecule has 0 N–H and O–H groups in total. The number of aldehydes is 1. The van der Waals surface area contributed by atoms with Gasteiger partial charge in [-0.2, -0.15) is 4.98 Å². The summed E-state index contributed by atoms with van der Waals surface area (Å²) < 4.78 is 4.66. The standard InChI is InChI=1S/C6H6N2O2/c1-5-7-6(10-8-5)3-2-4-9/h2-4H,1H3. The number of hydrogen-bond acceptors (Lipinski definition) is 4. The molecule has 1 aromatic heterocycles. The van der Waals surface area contributed by atoms with Gasteiger partial charge in [-0.15, -0.1) is 0 Å². The van der Waals surface area contributed by atoms with Gasteiger partial charge in [0.2, 0.25) is 0 Å². The zero-order valence-corrected chi connectivity index (χ0v) is 5.44. The van der Waals surface area contributed by atoms with Crippen LogP contribution in [0.3, 0.4) is 0 Å². The van der Waals surface area contributed by atoms with Crippen LogP contribution >= 0.6 is 0 Å². The second kappa shape index (κ2) is 2.91. The SMILES string of the molecule is Cc1noc(C=CC=O)n1. The van der Waals surface area contributed by atoms with Crippen LogP contribution in [0.15, 0.2) is 10.6 Å². The summed E-state index contributed by atoms with van der Waals surface area (Å²) in [5.41, 5.74) is 0. The molecular formula is C6H6N2O2. The first-order valence-electron chi connectivity index (χ1n) is 2.75. The Balaban J connectivity index is 2.75. The van der Waals surface area contributed by atoms with Crippen molar-refractivity contribution in [2.75, 3.05) is 0 Å². The van der Waals surface area contributed by atoms with Crippen molar-refractivity contribution >= 4 is 12.4 Å². The lowest BCUT2D eigenvalue weighted by Crippen LogP contribution is -1.72. The lowest BCUT2D eigenvalue weighted by atomic mass is 10.5. The number of allylic oxidation sites excluding steroid dienone is 1. The minimum absolute atomic E-state index is 0.351. The highest BCUT2D eigenvalue weighted by atomic mass is 16.5. The van der Waals surface area contributed by atoms with Crippen LogP contribution in [0.25, 0.3) is 6.08 Å². The van der Waals surface area contributed by atoms with Crippen LogP contribution in [-0.2, 0) is 4.79 Å². The third-order valence-electron chi connectivity index (χ3n) is 0.861. The first-order valence-corrected chi connectivity index (χ1v) is 2.75. The molecule has 10 heavy (non-hydrogen) atoms. The van der Waals surface area contributed by atoms with Gasteiger partial charge < -0.3 is 4.52 Å². The lowest BCUT2D eigenvalue weighted by Gasteiger charge is -1.71. The van der Waals surface area contributed by atoms with E-state index < -0.39 is 0 Å². The molecule has 0 aliphatic heterocycles. The van der Waals surface area contributed by atoms with Crippen molar-refractivity contribution in [3.8, 4) is 0 Å². The summed E-state index contributed by atoms with van der Waals surface area (Å²) in [6, 6.07) is 0. The Labute approximate surface area is 57.5 Å². The molecule has 4 heteroatoms. The molecule has 4 nitrogen and oxygen atoms in total. The topological polar surface area (TPSA) is 56.0 Å². The third kappa shape index (κ3) is 1.51. The predicted molar refractivity (Wildman–Crippen MR) is 34.1 cm³/mol. The van der Waals surface area contributed by atoms with E-state index in [0.717, 1.165) is 0 Å². The summed E-state index contributed by atoms with van der Waals surface area (Å²) in [5.74, 6) is 0.912. The van der Waals surface area contributed by atoms with Crippen LogP contribution in [0.4, 0.5) is 0 Å². The van der Waals surface area contributed by atoms with Gasteiger partial charge in [0.15, 0.2) is 5.82 Å². The van der Waals surface area contributed by atoms with Gasteiger partial charge in [0, 0.05) is 6.08 Å². The number of hydrogen-bond donors (Lipinski definition) is 0. The van der Waals surface area contributed by atoms with Crippen LogP contribution in [0, 0.1) is 6.92 Å². The molecule has 52 valence electrons. The summed E-state index contributed by atoms with van der Waals surface area (Å²) in [5, 5.41) is 3.52. The average Bonchev–Trinajstić information content (AvgIpc) is 2.31. The molecule has 0 saturated heterocycles. The minimum atomic E-state index is 0.351. The molecule has 1 heterocycles. The minimum Gasteiger partial charge on any atom is -0.335 e. The van der Waals surface area contributed by atoms with Gasteiger partial charge in [-0.1, -0.05) is 5.16 Å². The normalized spacial score (nSPS) is 10.5. The maximum Gasteiger partial charge on any atom is 0.250 e. The maximum absolute atomic E-state index is 9.81. The molecule has 0 radical (unpaired) electrons. The van der Waals surface area contributed by atoms with E-state index in [1.807, 2.05) is 0 Å². The van der Waals surface area contributed by atoms with Crippen molar-refractivity contribution in [3.63, 3.8) is 0 Å². The van der Waals surface area contributed by atoms with Gasteiger partial charge >= 0.3 is 0 Å². The van der Waals surface area contributed by atoms with Crippen molar-refractivity contribution in [3.05, 3.63) is 17.8 Å². The number of nitrogens with zero attached hydrogens (tertiary/aromatic N) is 2. The predicted octanol–water partition coefficient (Wildman–Crippen LogP) is 0.590. The Morgan fingerprint density at radius 1 is 1.60 bits per heavy atom. The quantitative estimate of drug-likeness (QED) is 0.443. The van der Waals surface area contributed by atoms with Crippen molar-refractivity contribution in [2.45, 2.75) is 6.92 Å². The van der Waals surface area contributed by atoms with E-state index in [0.29, 0.717) is 18.0 Å². The van der Waals surface area contributed by atoms with Crippen molar-refractivity contribution in [2.24, 2.45) is 0 Å². The Hall–Kier alpha value is -1.45. The molecule has 0 spiro atoms. The summed E-state index contributed by atoms with van der Waals surface area (Å²) >= 11 is 0. The number of aromatic nitrogens is 2. The van der Waals surface area contributed by atoms with E-state index in [1.54, 1.807) is 6.92 Å². The van der Waals surface area contributed by atoms with Gasteiger partial charge in [-0.05, 0) is 13.0 Å². The van der Waals surface area contributed by atoms with Crippen molar-refractivity contribution in [1.82, 2.24) is 10.1 Å². The largest absolute Gasteiger partial charge is 0.335 e. The highest BCUT2D eigenvalue weighted by Gasteiger charge is 1.94. The van der Waals surface area contributed by atoms with E-state index in [1.165, 1.54) is 12.2 Å². The molecular weight excluding hydrogens is 132 g/mol. The monoisotopic (exact) mass is 138 g/mol. The summed E-state index contributed by atoms with van der Waals surface area (Å²) in [7, 11) is 0. The molecule has 0 bridgehead atoms. The zero-order chi connectivity index (χ0) is 7.40. The number of carbonyl (C=O) groups is 1. The van der Waals surface area contributed by atoms with E-state index in [9.17, 15) is 4.79 Å². The van der Waals surface area contributed by atoms with Crippen LogP contribution in [0.5, 0.6) is 0 Å². The number of aryl methyl sites for hydroxylation is 1. The second-order valence-corrected chi connectivity index (χ2v) is 1.68. The molecule has 0 atom stereocenters. The van der Waals surface area contributed by atoms with Gasteiger partial charge in [0.1, 0.15) is 6.29 Å². The molecule has 0 amide bonds. The smallest absolute Gasteiger partial charge is 0.250 e. The summed E-state index contributed by atoms with van der Waals surface area (Å²) in [6.45, 7) is 1.71. The lowest BCUT2D eigenvalue weighted by molar-refractivity contribution is -0.104. The van der Waals surface area contributed by atoms with E-state index in [-0.39, 0.29) is 0 Å². The Kier molecular flexibility index (Phi) is 1.94. The number of carbonyl (C=O) groups excluding carboxylic acids is 1. The Morgan fingerprint density at radius 3 is 2.90 bits per heavy atom. The zero-order valence-electron chi connectivity index (χ0n) is 5.44. The Bertz CT molecular complexity index is 252. The average molecular weight is 138 g/mol. The third-order valence-corrected chi connectivity index (χ3v) is 0.861. The molecule has 0 fully saturated rings. The maximum atomic E-state index is 9.81. The highest BCUT2D eigenvalue weighted by Crippen LogP contribution is 1.96. The van der Waals surface area contributed by atoms with Crippen LogP contribution in [-0.4, -0.2) is 16.4 Å². The molecule has 0 unspecified atom stereocenters. The Morgan fingerprint density at radius 2 is 2.40 bits per heavy atom. The summed E-state index contributed by atoms with van der Waals surface area (Å²) in [6.07, 6.45) is 3.40. The fraction of sp³-hybridized carbons (Fsp3) is 0.167. The molecule has 1 aromatic rings. The van der Waals surface area contributed by atoms with Crippen LogP contribution in [0.1, 0.15) is 11.7 Å². The van der Waals surface area contributed by atoms with E-state index in [2.05, 4.69) is 14.7 Å². The van der Waals surface area contributed by atoms with E-state index >= 15 is 0 Å². The first kappa shape index (κ1) is 6.67. The fourth-order valence-corrected chi connectivity index (χ4v) is 0.502. The first-order chi connectivity index (χ1) is 4.83. The van der Waals surface area contributed by atoms with Crippen LogP contribution in [0.2, 0.25) is 0 Å². The molecule has 0 saturated carbocycles. The molecule has 0 aliphatic carbocycles. The molecule has 0 aliphatic rings. The fourth-order valence-electron chi connectivity index (χ4n) is 0.502. The van der Waals surface area contributed by atoms with Crippen LogP contribution < -0.4 is 0 Å². The van der Waals surface area contributed by atoms with Gasteiger partial charge in [0.25, 0.3) is 5.89 Å². The molecule has 1 rings (SSSR count). The highest BCUT2D eigenvalue weighted by molar-refractivity contribution is 5.71. The van der Waals surface area contributed by atoms with Gasteiger partial charge in [0.05, 0.1) is 0 Å².